The van der Waals surface area contributed by atoms with Gasteiger partial charge in [0.05, 0.1) is 18.0 Å². The van der Waals surface area contributed by atoms with Crippen LogP contribution in [-0.4, -0.2) is 36.6 Å². The predicted octanol–water partition coefficient (Wildman–Crippen LogP) is 4.36. The molecular weight excluding hydrogens is 338 g/mol. The molecule has 5 nitrogen and oxygen atoms in total. The molecule has 27 heavy (non-hydrogen) atoms. The van der Waals surface area contributed by atoms with Gasteiger partial charge in [-0.05, 0) is 38.1 Å². The number of carbonyl (C=O) groups is 1. The maximum atomic E-state index is 12.5. The number of anilines is 1. The van der Waals surface area contributed by atoms with E-state index in [2.05, 4.69) is 4.98 Å². The molecule has 0 aliphatic carbocycles. The Kier molecular flexibility index (Phi) is 5.50. The normalized spacial score (nSPS) is 10.5. The summed E-state index contributed by atoms with van der Waals surface area (Å²) in [5, 5.41) is 0. The molecule has 0 N–H and O–H groups in total. The van der Waals surface area contributed by atoms with Crippen molar-refractivity contribution in [2.24, 2.45) is 0 Å². The van der Waals surface area contributed by atoms with Gasteiger partial charge in [-0.2, -0.15) is 0 Å². The smallest absolute Gasteiger partial charge is 0.342 e. The summed E-state index contributed by atoms with van der Waals surface area (Å²) >= 11 is 0. The van der Waals surface area contributed by atoms with Gasteiger partial charge in [-0.15, -0.1) is 0 Å². The van der Waals surface area contributed by atoms with Gasteiger partial charge in [-0.25, -0.2) is 14.8 Å². The number of aromatic nitrogens is 2. The molecule has 0 fully saturated rings. The number of nitrogens with zero attached hydrogens (tertiary/aromatic N) is 3. The molecule has 0 aliphatic rings. The van der Waals surface area contributed by atoms with Gasteiger partial charge in [0.2, 0.25) is 0 Å². The zero-order chi connectivity index (χ0) is 19.4. The standard InChI is InChI=1S/C22H23N3O2/c1-5-27-22(26)19-15(2)23-21(17-11-13-18(14-12-17)25(3)4)24-20(19)16-9-7-6-8-10-16/h6-14H,5H2,1-4H3. The van der Waals surface area contributed by atoms with Crippen LogP contribution in [0.25, 0.3) is 22.6 Å². The van der Waals surface area contributed by atoms with Crippen molar-refractivity contribution in [1.29, 1.82) is 0 Å². The van der Waals surface area contributed by atoms with Crippen LogP contribution in [0.4, 0.5) is 5.69 Å². The fourth-order valence-electron chi connectivity index (χ4n) is 2.86. The first-order valence-corrected chi connectivity index (χ1v) is 8.90. The van der Waals surface area contributed by atoms with Crippen LogP contribution in [0.15, 0.2) is 54.6 Å². The molecule has 0 saturated heterocycles. The van der Waals surface area contributed by atoms with E-state index in [9.17, 15) is 4.79 Å². The van der Waals surface area contributed by atoms with E-state index >= 15 is 0 Å². The summed E-state index contributed by atoms with van der Waals surface area (Å²) in [6.07, 6.45) is 0. The van der Waals surface area contributed by atoms with Crippen LogP contribution in [0.3, 0.4) is 0 Å². The van der Waals surface area contributed by atoms with Crippen LogP contribution >= 0.6 is 0 Å². The molecule has 0 saturated carbocycles. The first-order valence-electron chi connectivity index (χ1n) is 8.90. The Bertz CT molecular complexity index is 936. The summed E-state index contributed by atoms with van der Waals surface area (Å²) < 4.78 is 5.23. The van der Waals surface area contributed by atoms with Crippen molar-refractivity contribution in [2.75, 3.05) is 25.6 Å². The van der Waals surface area contributed by atoms with Gasteiger partial charge in [0.25, 0.3) is 0 Å². The second-order valence-electron chi connectivity index (χ2n) is 6.38. The Labute approximate surface area is 159 Å². The van der Waals surface area contributed by atoms with Gasteiger partial charge in [-0.3, -0.25) is 0 Å². The summed E-state index contributed by atoms with van der Waals surface area (Å²) in [5.74, 6) is 0.188. The van der Waals surface area contributed by atoms with E-state index in [4.69, 9.17) is 9.72 Å². The molecule has 0 amide bonds. The number of hydrogen-bond acceptors (Lipinski definition) is 5. The number of aryl methyl sites for hydroxylation is 1. The van der Waals surface area contributed by atoms with E-state index in [1.165, 1.54) is 0 Å². The van der Waals surface area contributed by atoms with Gasteiger partial charge in [0, 0.05) is 30.9 Å². The van der Waals surface area contributed by atoms with Crippen molar-refractivity contribution in [3.05, 3.63) is 65.9 Å². The van der Waals surface area contributed by atoms with Crippen molar-refractivity contribution in [2.45, 2.75) is 13.8 Å². The molecule has 138 valence electrons. The average molecular weight is 361 g/mol. The maximum Gasteiger partial charge on any atom is 0.342 e. The molecule has 0 unspecified atom stereocenters. The minimum atomic E-state index is -0.400. The zero-order valence-electron chi connectivity index (χ0n) is 16.1. The van der Waals surface area contributed by atoms with Gasteiger partial charge < -0.3 is 9.64 Å². The third-order valence-electron chi connectivity index (χ3n) is 4.26. The molecule has 0 radical (unpaired) electrons. The summed E-state index contributed by atoms with van der Waals surface area (Å²) in [6, 6.07) is 17.7. The molecule has 0 spiro atoms. The Morgan fingerprint density at radius 2 is 1.63 bits per heavy atom. The lowest BCUT2D eigenvalue weighted by atomic mass is 10.0. The Balaban J connectivity index is 2.15. The highest BCUT2D eigenvalue weighted by molar-refractivity contribution is 5.97. The van der Waals surface area contributed by atoms with Gasteiger partial charge in [0.15, 0.2) is 5.82 Å². The van der Waals surface area contributed by atoms with Gasteiger partial charge in [0.1, 0.15) is 5.56 Å². The predicted molar refractivity (Wildman–Crippen MR) is 108 cm³/mol. The molecule has 3 rings (SSSR count). The van der Waals surface area contributed by atoms with Crippen LogP contribution in [0.1, 0.15) is 23.0 Å². The van der Waals surface area contributed by atoms with Gasteiger partial charge >= 0.3 is 5.97 Å². The van der Waals surface area contributed by atoms with E-state index in [1.54, 1.807) is 6.92 Å². The highest BCUT2D eigenvalue weighted by Crippen LogP contribution is 2.28. The van der Waals surface area contributed by atoms with E-state index in [1.807, 2.05) is 80.5 Å². The lowest BCUT2D eigenvalue weighted by Gasteiger charge is -2.14. The highest BCUT2D eigenvalue weighted by Gasteiger charge is 2.21. The number of carbonyl (C=O) groups excluding carboxylic acids is 1. The second-order valence-corrected chi connectivity index (χ2v) is 6.38. The second kappa shape index (κ2) is 7.99. The number of ether oxygens (including phenoxy) is 1. The zero-order valence-corrected chi connectivity index (χ0v) is 16.1. The molecule has 1 heterocycles. The molecule has 0 atom stereocenters. The molecule has 3 aromatic rings. The summed E-state index contributed by atoms with van der Waals surface area (Å²) in [6.45, 7) is 3.91. The lowest BCUT2D eigenvalue weighted by molar-refractivity contribution is 0.0525. The third kappa shape index (κ3) is 3.97. The SMILES string of the molecule is CCOC(=O)c1c(C)nc(-c2ccc(N(C)C)cc2)nc1-c1ccccc1. The quantitative estimate of drug-likeness (QED) is 0.632. The summed E-state index contributed by atoms with van der Waals surface area (Å²) in [5.41, 5.74) is 4.47. The first-order chi connectivity index (χ1) is 13.0. The molecule has 1 aromatic heterocycles. The van der Waals surface area contributed by atoms with Gasteiger partial charge in [-0.1, -0.05) is 30.3 Å². The molecule has 5 heteroatoms. The van der Waals surface area contributed by atoms with Crippen molar-refractivity contribution in [3.8, 4) is 22.6 Å². The Morgan fingerprint density at radius 1 is 0.963 bits per heavy atom. The maximum absolute atomic E-state index is 12.5. The van der Waals surface area contributed by atoms with Crippen molar-refractivity contribution in [3.63, 3.8) is 0 Å². The Morgan fingerprint density at radius 3 is 2.22 bits per heavy atom. The van der Waals surface area contributed by atoms with Crippen LogP contribution in [0, 0.1) is 6.92 Å². The van der Waals surface area contributed by atoms with Crippen molar-refractivity contribution < 1.29 is 9.53 Å². The highest BCUT2D eigenvalue weighted by atomic mass is 16.5. The first kappa shape index (κ1) is 18.6. The van der Waals surface area contributed by atoms with Crippen LogP contribution in [0.5, 0.6) is 0 Å². The molecule has 0 bridgehead atoms. The van der Waals surface area contributed by atoms with Crippen LogP contribution in [0.2, 0.25) is 0 Å². The number of esters is 1. The van der Waals surface area contributed by atoms with E-state index in [0.717, 1.165) is 16.8 Å². The Hall–Kier alpha value is -3.21. The largest absolute Gasteiger partial charge is 0.462 e. The number of benzene rings is 2. The molecule has 2 aromatic carbocycles. The lowest BCUT2D eigenvalue weighted by Crippen LogP contribution is -2.12. The average Bonchev–Trinajstić information content (AvgIpc) is 2.68. The number of hydrogen-bond donors (Lipinski definition) is 0. The molecule has 0 aliphatic heterocycles. The van der Waals surface area contributed by atoms with Crippen LogP contribution in [-0.2, 0) is 4.74 Å². The molecular formula is C22H23N3O2. The van der Waals surface area contributed by atoms with Crippen molar-refractivity contribution >= 4 is 11.7 Å². The van der Waals surface area contributed by atoms with E-state index in [-0.39, 0.29) is 0 Å². The minimum absolute atomic E-state index is 0.306. The monoisotopic (exact) mass is 361 g/mol. The fourth-order valence-corrected chi connectivity index (χ4v) is 2.86. The van der Waals surface area contributed by atoms with E-state index in [0.29, 0.717) is 29.4 Å². The summed E-state index contributed by atoms with van der Waals surface area (Å²) in [7, 11) is 3.99. The van der Waals surface area contributed by atoms with Crippen molar-refractivity contribution in [1.82, 2.24) is 9.97 Å². The van der Waals surface area contributed by atoms with Crippen LogP contribution < -0.4 is 4.90 Å². The van der Waals surface area contributed by atoms with E-state index < -0.39 is 5.97 Å². The topological polar surface area (TPSA) is 55.3 Å². The fraction of sp³-hybridized carbons (Fsp3) is 0.227. The third-order valence-corrected chi connectivity index (χ3v) is 4.26. The number of rotatable bonds is 5. The summed E-state index contributed by atoms with van der Waals surface area (Å²) in [4.78, 5) is 23.9. The minimum Gasteiger partial charge on any atom is -0.462 e.